The van der Waals surface area contributed by atoms with Crippen LogP contribution in [0.4, 0.5) is 8.78 Å². The van der Waals surface area contributed by atoms with E-state index in [0.29, 0.717) is 0 Å². The first kappa shape index (κ1) is 14.5. The minimum absolute atomic E-state index is 0.0333. The summed E-state index contributed by atoms with van der Waals surface area (Å²) < 4.78 is 33.1. The molecule has 0 aromatic heterocycles. The zero-order valence-electron chi connectivity index (χ0n) is 11.1. The average Bonchev–Trinajstić information content (AvgIpc) is 2.80. The van der Waals surface area contributed by atoms with Gasteiger partial charge in [-0.25, -0.2) is 8.78 Å². The molecule has 0 amide bonds. The zero-order chi connectivity index (χ0) is 14.0. The van der Waals surface area contributed by atoms with E-state index in [1.165, 1.54) is 0 Å². The number of hydrogen-bond donors (Lipinski definition) is 1. The smallest absolute Gasteiger partial charge is 0.191 e. The molecule has 2 unspecified atom stereocenters. The number of hydrogen-bond acceptors (Lipinski definition) is 2. The molecule has 2 atom stereocenters. The molecule has 106 valence electrons. The molecule has 2 nitrogen and oxygen atoms in total. The molecule has 5 heteroatoms. The third-order valence-electron chi connectivity index (χ3n) is 3.44. The Morgan fingerprint density at radius 1 is 1.32 bits per heavy atom. The second kappa shape index (κ2) is 6.06. The molecule has 0 spiro atoms. The maximum atomic E-state index is 13.8. The Labute approximate surface area is 117 Å². The fraction of sp³-hybridized carbons (Fsp3) is 0.571. The Kier molecular flexibility index (Phi) is 4.63. The highest BCUT2D eigenvalue weighted by atomic mass is 35.5. The molecule has 0 radical (unpaired) electrons. The molecule has 1 aliphatic heterocycles. The fourth-order valence-electron chi connectivity index (χ4n) is 2.51. The first-order valence-corrected chi connectivity index (χ1v) is 6.88. The predicted molar refractivity (Wildman–Crippen MR) is 71.6 cm³/mol. The highest BCUT2D eigenvalue weighted by molar-refractivity contribution is 6.30. The van der Waals surface area contributed by atoms with Gasteiger partial charge in [-0.2, -0.15) is 0 Å². The van der Waals surface area contributed by atoms with Crippen molar-refractivity contribution in [1.82, 2.24) is 5.32 Å². The van der Waals surface area contributed by atoms with Gasteiger partial charge in [0.1, 0.15) is 6.10 Å². The normalized spacial score (nSPS) is 20.8. The molecule has 2 rings (SSSR count). The number of nitrogens with one attached hydrogen (secondary N) is 1. The Bertz CT molecular complexity index is 424. The van der Waals surface area contributed by atoms with E-state index in [1.54, 1.807) is 0 Å². The van der Waals surface area contributed by atoms with Crippen LogP contribution in [0.15, 0.2) is 12.1 Å². The van der Waals surface area contributed by atoms with Crippen LogP contribution in [0.2, 0.25) is 5.02 Å². The monoisotopic (exact) mass is 289 g/mol. The summed E-state index contributed by atoms with van der Waals surface area (Å²) in [5.41, 5.74) is 0. The van der Waals surface area contributed by atoms with Crippen LogP contribution in [0.5, 0.6) is 5.75 Å². The lowest BCUT2D eigenvalue weighted by Gasteiger charge is -2.28. The maximum Gasteiger partial charge on any atom is 0.191 e. The summed E-state index contributed by atoms with van der Waals surface area (Å²) in [5.74, 6) is -1.37. The fourth-order valence-corrected chi connectivity index (χ4v) is 2.70. The van der Waals surface area contributed by atoms with E-state index in [-0.39, 0.29) is 28.7 Å². The van der Waals surface area contributed by atoms with Gasteiger partial charge in [0.2, 0.25) is 0 Å². The molecular weight excluding hydrogens is 272 g/mol. The SMILES string of the molecule is CC(C)C(Oc1c(F)cc(Cl)cc1F)C1CCNC1. The Morgan fingerprint density at radius 2 is 1.95 bits per heavy atom. The first-order chi connectivity index (χ1) is 8.99. The van der Waals surface area contributed by atoms with Crippen LogP contribution in [-0.4, -0.2) is 19.2 Å². The van der Waals surface area contributed by atoms with Crippen molar-refractivity contribution in [2.45, 2.75) is 26.4 Å². The molecule has 19 heavy (non-hydrogen) atoms. The third kappa shape index (κ3) is 3.37. The molecule has 1 fully saturated rings. The topological polar surface area (TPSA) is 21.3 Å². The molecule has 0 aliphatic carbocycles. The molecular formula is C14H18ClF2NO. The van der Waals surface area contributed by atoms with Gasteiger partial charge in [-0.3, -0.25) is 0 Å². The van der Waals surface area contributed by atoms with Gasteiger partial charge in [0.05, 0.1) is 0 Å². The van der Waals surface area contributed by atoms with E-state index in [0.717, 1.165) is 31.6 Å². The zero-order valence-corrected chi connectivity index (χ0v) is 11.8. The molecule has 1 heterocycles. The van der Waals surface area contributed by atoms with Crippen LogP contribution >= 0.6 is 11.6 Å². The summed E-state index contributed by atoms with van der Waals surface area (Å²) >= 11 is 5.60. The van der Waals surface area contributed by atoms with Gasteiger partial charge in [0, 0.05) is 17.5 Å². The van der Waals surface area contributed by atoms with Crippen molar-refractivity contribution in [2.24, 2.45) is 11.8 Å². The van der Waals surface area contributed by atoms with E-state index in [2.05, 4.69) is 5.32 Å². The minimum Gasteiger partial charge on any atom is -0.484 e. The van der Waals surface area contributed by atoms with Crippen molar-refractivity contribution >= 4 is 11.6 Å². The summed E-state index contributed by atoms with van der Waals surface area (Å²) in [6.07, 6.45) is 0.750. The summed E-state index contributed by atoms with van der Waals surface area (Å²) in [5, 5.41) is 3.28. The van der Waals surface area contributed by atoms with E-state index in [4.69, 9.17) is 16.3 Å². The van der Waals surface area contributed by atoms with Crippen molar-refractivity contribution in [2.75, 3.05) is 13.1 Å². The molecule has 1 aromatic carbocycles. The van der Waals surface area contributed by atoms with Gasteiger partial charge in [-0.15, -0.1) is 0 Å². The van der Waals surface area contributed by atoms with Gasteiger partial charge in [0.15, 0.2) is 17.4 Å². The van der Waals surface area contributed by atoms with Crippen LogP contribution in [0, 0.1) is 23.5 Å². The van der Waals surface area contributed by atoms with E-state index in [1.807, 2.05) is 13.8 Å². The van der Waals surface area contributed by atoms with Gasteiger partial charge in [0.25, 0.3) is 0 Å². The van der Waals surface area contributed by atoms with Gasteiger partial charge in [-0.1, -0.05) is 25.4 Å². The van der Waals surface area contributed by atoms with Crippen molar-refractivity contribution < 1.29 is 13.5 Å². The number of rotatable bonds is 4. The van der Waals surface area contributed by atoms with Gasteiger partial charge >= 0.3 is 0 Å². The van der Waals surface area contributed by atoms with Crippen molar-refractivity contribution in [1.29, 1.82) is 0 Å². The quantitative estimate of drug-likeness (QED) is 0.914. The second-order valence-corrected chi connectivity index (χ2v) is 5.71. The Hall–Kier alpha value is -0.870. The lowest BCUT2D eigenvalue weighted by molar-refractivity contribution is 0.0879. The maximum absolute atomic E-state index is 13.8. The van der Waals surface area contributed by atoms with Crippen molar-refractivity contribution in [3.63, 3.8) is 0 Å². The lowest BCUT2D eigenvalue weighted by atomic mass is 9.92. The first-order valence-electron chi connectivity index (χ1n) is 6.51. The second-order valence-electron chi connectivity index (χ2n) is 5.28. The summed E-state index contributed by atoms with van der Waals surface area (Å²) in [6.45, 7) is 5.73. The Balaban J connectivity index is 2.21. The van der Waals surface area contributed by atoms with E-state index in [9.17, 15) is 8.78 Å². The summed E-state index contributed by atoms with van der Waals surface area (Å²) in [4.78, 5) is 0. The summed E-state index contributed by atoms with van der Waals surface area (Å²) in [6, 6.07) is 2.15. The molecule has 1 saturated heterocycles. The van der Waals surface area contributed by atoms with Crippen LogP contribution in [-0.2, 0) is 0 Å². The molecule has 1 aliphatic rings. The number of halogens is 3. The highest BCUT2D eigenvalue weighted by Crippen LogP contribution is 2.30. The largest absolute Gasteiger partial charge is 0.484 e. The van der Waals surface area contributed by atoms with Gasteiger partial charge in [-0.05, 0) is 31.0 Å². The molecule has 0 saturated carbocycles. The van der Waals surface area contributed by atoms with E-state index >= 15 is 0 Å². The average molecular weight is 290 g/mol. The molecule has 1 aromatic rings. The van der Waals surface area contributed by atoms with Crippen LogP contribution < -0.4 is 10.1 Å². The lowest BCUT2D eigenvalue weighted by Crippen LogP contribution is -2.34. The highest BCUT2D eigenvalue weighted by Gasteiger charge is 2.30. The van der Waals surface area contributed by atoms with Crippen LogP contribution in [0.25, 0.3) is 0 Å². The molecule has 0 bridgehead atoms. The predicted octanol–water partition coefficient (Wildman–Crippen LogP) is 3.63. The standard InChI is InChI=1S/C14H18ClF2NO/c1-8(2)13(9-3-4-18-7-9)19-14-11(16)5-10(15)6-12(14)17/h5-6,8-9,13,18H,3-4,7H2,1-2H3. The number of ether oxygens (including phenoxy) is 1. The Morgan fingerprint density at radius 3 is 2.42 bits per heavy atom. The van der Waals surface area contributed by atoms with Crippen LogP contribution in [0.3, 0.4) is 0 Å². The third-order valence-corrected chi connectivity index (χ3v) is 3.66. The minimum atomic E-state index is -0.749. The van der Waals surface area contributed by atoms with Gasteiger partial charge < -0.3 is 10.1 Å². The van der Waals surface area contributed by atoms with Crippen molar-refractivity contribution in [3.8, 4) is 5.75 Å². The molecule has 1 N–H and O–H groups in total. The van der Waals surface area contributed by atoms with E-state index < -0.39 is 11.6 Å². The summed E-state index contributed by atoms with van der Waals surface area (Å²) in [7, 11) is 0. The van der Waals surface area contributed by atoms with Crippen LogP contribution in [0.1, 0.15) is 20.3 Å². The number of benzene rings is 1. The van der Waals surface area contributed by atoms with Crippen molar-refractivity contribution in [3.05, 3.63) is 28.8 Å².